The molecule has 5 rings (SSSR count). The van der Waals surface area contributed by atoms with Gasteiger partial charge >= 0.3 is 0 Å². The molecule has 0 amide bonds. The average molecular weight is 367 g/mol. The summed E-state index contributed by atoms with van der Waals surface area (Å²) in [4.78, 5) is 12.4. The largest absolute Gasteiger partial charge is 0.496 e. The number of benzene rings is 1. The normalized spacial score (nSPS) is 18.9. The molecule has 0 radical (unpaired) electrons. The Bertz CT molecular complexity index is 933. The summed E-state index contributed by atoms with van der Waals surface area (Å²) in [5, 5.41) is 3.23. The van der Waals surface area contributed by atoms with Crippen molar-refractivity contribution < 1.29 is 9.47 Å². The summed E-state index contributed by atoms with van der Waals surface area (Å²) in [6, 6.07) is 8.48. The van der Waals surface area contributed by atoms with Crippen LogP contribution in [-0.2, 0) is 16.8 Å². The Morgan fingerprint density at radius 2 is 2.08 bits per heavy atom. The average Bonchev–Trinajstić information content (AvgIpc) is 3.17. The van der Waals surface area contributed by atoms with Gasteiger partial charge in [-0.05, 0) is 42.3 Å². The van der Waals surface area contributed by atoms with E-state index in [1.807, 2.05) is 0 Å². The zero-order chi connectivity index (χ0) is 17.6. The summed E-state index contributed by atoms with van der Waals surface area (Å²) in [7, 11) is 1.75. The van der Waals surface area contributed by atoms with Gasteiger partial charge in [0.15, 0.2) is 0 Å². The topological polar surface area (TPSA) is 47.5 Å². The Hall–Kier alpha value is -2.18. The molecule has 0 atom stereocenters. The number of ether oxygens (including phenoxy) is 2. The van der Waals surface area contributed by atoms with E-state index < -0.39 is 0 Å². The summed E-state index contributed by atoms with van der Waals surface area (Å²) >= 11 is 1.66. The molecule has 6 heteroatoms. The van der Waals surface area contributed by atoms with Crippen molar-refractivity contribution >= 4 is 27.4 Å². The van der Waals surface area contributed by atoms with Crippen LogP contribution in [0.5, 0.6) is 5.75 Å². The second-order valence-electron chi connectivity index (χ2n) is 6.91. The zero-order valence-corrected chi connectivity index (χ0v) is 15.6. The third-order valence-electron chi connectivity index (χ3n) is 5.65. The molecule has 0 unspecified atom stereocenters. The SMILES string of the molecule is COc1cccc2c1C1(CCN(c3ncnc4sccc34)CC1)OCC2. The second kappa shape index (κ2) is 6.21. The quantitative estimate of drug-likeness (QED) is 0.690. The van der Waals surface area contributed by atoms with Gasteiger partial charge in [0.2, 0.25) is 0 Å². The van der Waals surface area contributed by atoms with Gasteiger partial charge in [0.05, 0.1) is 19.1 Å². The van der Waals surface area contributed by atoms with Gasteiger partial charge in [-0.1, -0.05) is 12.1 Å². The fraction of sp³-hybridized carbons (Fsp3) is 0.400. The molecule has 3 aromatic rings. The molecule has 0 aliphatic carbocycles. The molecule has 2 aliphatic rings. The Balaban J connectivity index is 1.47. The van der Waals surface area contributed by atoms with E-state index in [4.69, 9.17) is 9.47 Å². The molecular formula is C20H21N3O2S. The van der Waals surface area contributed by atoms with Gasteiger partial charge < -0.3 is 14.4 Å². The highest BCUT2D eigenvalue weighted by Crippen LogP contribution is 2.46. The van der Waals surface area contributed by atoms with Crippen molar-refractivity contribution in [3.8, 4) is 5.75 Å². The predicted octanol–water partition coefficient (Wildman–Crippen LogP) is 3.77. The molecule has 2 aromatic heterocycles. The Labute approximate surface area is 156 Å². The maximum absolute atomic E-state index is 6.39. The van der Waals surface area contributed by atoms with Gasteiger partial charge in [-0.15, -0.1) is 11.3 Å². The summed E-state index contributed by atoms with van der Waals surface area (Å²) in [6.07, 6.45) is 4.51. The summed E-state index contributed by atoms with van der Waals surface area (Å²) < 4.78 is 12.1. The predicted molar refractivity (Wildman–Crippen MR) is 103 cm³/mol. The number of piperidine rings is 1. The fourth-order valence-electron chi connectivity index (χ4n) is 4.40. The highest BCUT2D eigenvalue weighted by Gasteiger charge is 2.43. The van der Waals surface area contributed by atoms with E-state index >= 15 is 0 Å². The van der Waals surface area contributed by atoms with Crippen LogP contribution < -0.4 is 9.64 Å². The van der Waals surface area contributed by atoms with Crippen LogP contribution in [0.25, 0.3) is 10.2 Å². The molecule has 0 saturated carbocycles. The molecule has 1 spiro atoms. The van der Waals surface area contributed by atoms with Crippen molar-refractivity contribution in [2.24, 2.45) is 0 Å². The van der Waals surface area contributed by atoms with Crippen molar-refractivity contribution in [2.45, 2.75) is 24.9 Å². The Morgan fingerprint density at radius 3 is 2.92 bits per heavy atom. The number of hydrogen-bond acceptors (Lipinski definition) is 6. The van der Waals surface area contributed by atoms with Crippen molar-refractivity contribution in [3.05, 3.63) is 47.1 Å². The lowest BCUT2D eigenvalue weighted by molar-refractivity contribution is -0.0780. The highest BCUT2D eigenvalue weighted by atomic mass is 32.1. The van der Waals surface area contributed by atoms with Crippen molar-refractivity contribution in [2.75, 3.05) is 31.7 Å². The molecule has 0 bridgehead atoms. The minimum atomic E-state index is -0.239. The molecule has 1 fully saturated rings. The fourth-order valence-corrected chi connectivity index (χ4v) is 5.13. The number of nitrogens with zero attached hydrogens (tertiary/aromatic N) is 3. The van der Waals surface area contributed by atoms with Crippen LogP contribution in [-0.4, -0.2) is 36.8 Å². The minimum absolute atomic E-state index is 0.239. The lowest BCUT2D eigenvalue weighted by Crippen LogP contribution is -2.47. The van der Waals surface area contributed by atoms with Crippen LogP contribution in [0.15, 0.2) is 36.0 Å². The van der Waals surface area contributed by atoms with Crippen LogP contribution >= 0.6 is 11.3 Å². The van der Waals surface area contributed by atoms with E-state index in [1.54, 1.807) is 24.8 Å². The number of aromatic nitrogens is 2. The third kappa shape index (κ3) is 2.40. The van der Waals surface area contributed by atoms with Crippen molar-refractivity contribution in [1.29, 1.82) is 0 Å². The van der Waals surface area contributed by atoms with Crippen LogP contribution in [0.4, 0.5) is 5.82 Å². The van der Waals surface area contributed by atoms with Gasteiger partial charge in [0.1, 0.15) is 28.3 Å². The van der Waals surface area contributed by atoms with Crippen LogP contribution in [0.1, 0.15) is 24.0 Å². The number of fused-ring (bicyclic) bond motifs is 3. The van der Waals surface area contributed by atoms with Gasteiger partial charge in [-0.3, -0.25) is 0 Å². The van der Waals surface area contributed by atoms with E-state index in [-0.39, 0.29) is 5.60 Å². The Kier molecular flexibility index (Phi) is 3.83. The number of methoxy groups -OCH3 is 1. The maximum Gasteiger partial charge on any atom is 0.140 e. The third-order valence-corrected chi connectivity index (χ3v) is 6.47. The summed E-state index contributed by atoms with van der Waals surface area (Å²) in [5.41, 5.74) is 2.39. The van der Waals surface area contributed by atoms with E-state index in [0.717, 1.165) is 60.7 Å². The number of hydrogen-bond donors (Lipinski definition) is 0. The molecule has 4 heterocycles. The first-order valence-corrected chi connectivity index (χ1v) is 9.92. The van der Waals surface area contributed by atoms with E-state index in [9.17, 15) is 0 Å². The van der Waals surface area contributed by atoms with Gasteiger partial charge in [0.25, 0.3) is 0 Å². The lowest BCUT2D eigenvalue weighted by atomic mass is 9.78. The van der Waals surface area contributed by atoms with E-state index in [0.29, 0.717) is 0 Å². The molecule has 134 valence electrons. The second-order valence-corrected chi connectivity index (χ2v) is 7.81. The first-order chi connectivity index (χ1) is 12.8. The standard InChI is InChI=1S/C20H21N3O2S/c1-24-16-4-2-3-14-5-11-25-20(17(14)16)7-9-23(10-8-20)18-15-6-12-26-19(15)22-13-21-18/h2-4,6,12-13H,5,7-11H2,1H3. The van der Waals surface area contributed by atoms with Crippen LogP contribution in [0.2, 0.25) is 0 Å². The van der Waals surface area contributed by atoms with Crippen LogP contribution in [0, 0.1) is 0 Å². The molecule has 1 saturated heterocycles. The molecule has 2 aliphatic heterocycles. The zero-order valence-electron chi connectivity index (χ0n) is 14.8. The van der Waals surface area contributed by atoms with Gasteiger partial charge in [-0.25, -0.2) is 9.97 Å². The molecule has 0 N–H and O–H groups in total. The molecule has 1 aromatic carbocycles. The highest BCUT2D eigenvalue weighted by molar-refractivity contribution is 7.16. The smallest absolute Gasteiger partial charge is 0.140 e. The van der Waals surface area contributed by atoms with Crippen LogP contribution in [0.3, 0.4) is 0 Å². The summed E-state index contributed by atoms with van der Waals surface area (Å²) in [6.45, 7) is 2.61. The lowest BCUT2D eigenvalue weighted by Gasteiger charge is -2.45. The monoisotopic (exact) mass is 367 g/mol. The molecule has 26 heavy (non-hydrogen) atoms. The van der Waals surface area contributed by atoms with Gasteiger partial charge in [0, 0.05) is 18.7 Å². The van der Waals surface area contributed by atoms with E-state index in [2.05, 4.69) is 44.5 Å². The van der Waals surface area contributed by atoms with Gasteiger partial charge in [-0.2, -0.15) is 0 Å². The number of thiophene rings is 1. The first kappa shape index (κ1) is 16.0. The first-order valence-electron chi connectivity index (χ1n) is 9.04. The minimum Gasteiger partial charge on any atom is -0.496 e. The van der Waals surface area contributed by atoms with Crippen molar-refractivity contribution in [1.82, 2.24) is 9.97 Å². The number of rotatable bonds is 2. The number of anilines is 1. The van der Waals surface area contributed by atoms with Crippen molar-refractivity contribution in [3.63, 3.8) is 0 Å². The molecular weight excluding hydrogens is 346 g/mol. The van der Waals surface area contributed by atoms with E-state index in [1.165, 1.54) is 11.1 Å². The molecule has 5 nitrogen and oxygen atoms in total. The Morgan fingerprint density at radius 1 is 1.19 bits per heavy atom. The maximum atomic E-state index is 6.39. The summed E-state index contributed by atoms with van der Waals surface area (Å²) in [5.74, 6) is 2.00.